The maximum atomic E-state index is 12.7. The van der Waals surface area contributed by atoms with Crippen molar-refractivity contribution in [3.63, 3.8) is 0 Å². The molecule has 0 radical (unpaired) electrons. The fraction of sp³-hybridized carbons (Fsp3) is 0.400. The lowest BCUT2D eigenvalue weighted by atomic mass is 10.1. The molecule has 1 aliphatic rings. The normalized spacial score (nSPS) is 13.9. The van der Waals surface area contributed by atoms with E-state index in [9.17, 15) is 4.79 Å². The second kappa shape index (κ2) is 7.94. The van der Waals surface area contributed by atoms with Crippen molar-refractivity contribution in [2.24, 2.45) is 0 Å². The van der Waals surface area contributed by atoms with E-state index in [1.54, 1.807) is 24.9 Å². The molecule has 0 saturated heterocycles. The molecule has 0 saturated carbocycles. The average Bonchev–Trinajstić information content (AvgIpc) is 3.39. The largest absolute Gasteiger partial charge is 0.486 e. The van der Waals surface area contributed by atoms with Gasteiger partial charge in [0.15, 0.2) is 17.2 Å². The highest BCUT2D eigenvalue weighted by Crippen LogP contribution is 2.33. The third-order valence-electron chi connectivity index (χ3n) is 4.89. The summed E-state index contributed by atoms with van der Waals surface area (Å²) < 4.78 is 21.8. The average molecular weight is 398 g/mol. The standard InChI is InChI=1S/C20H22N4O5/c1-12-10-15(23-29-12)20-22-21-18(28-20)6-7-19(25)24(3)13(2)14-4-5-16-17(11-14)27-9-8-26-16/h4-5,10-11,13H,6-9H2,1-3H3/t13-/m0/s1. The van der Waals surface area contributed by atoms with Crippen LogP contribution in [0.2, 0.25) is 0 Å². The maximum Gasteiger partial charge on any atom is 0.269 e. The highest BCUT2D eigenvalue weighted by Gasteiger charge is 2.21. The minimum absolute atomic E-state index is 0.0237. The first kappa shape index (κ1) is 19.0. The molecular weight excluding hydrogens is 376 g/mol. The SMILES string of the molecule is Cc1cc(-c2nnc(CCC(=O)N(C)[C@@H](C)c3ccc4c(c3)OCCO4)o2)no1. The number of fused-ring (bicyclic) bond motifs is 1. The van der Waals surface area contributed by atoms with Crippen molar-refractivity contribution in [3.05, 3.63) is 41.5 Å². The van der Waals surface area contributed by atoms with Gasteiger partial charge in [-0.1, -0.05) is 11.2 Å². The van der Waals surface area contributed by atoms with Gasteiger partial charge in [-0.05, 0) is 31.5 Å². The zero-order valence-corrected chi connectivity index (χ0v) is 16.5. The van der Waals surface area contributed by atoms with Gasteiger partial charge in [-0.25, -0.2) is 0 Å². The molecule has 0 unspecified atom stereocenters. The minimum Gasteiger partial charge on any atom is -0.486 e. The van der Waals surface area contributed by atoms with Crippen LogP contribution in [0.15, 0.2) is 33.2 Å². The second-order valence-electron chi connectivity index (χ2n) is 6.91. The molecule has 9 nitrogen and oxygen atoms in total. The lowest BCUT2D eigenvalue weighted by molar-refractivity contribution is -0.131. The van der Waals surface area contributed by atoms with Crippen molar-refractivity contribution in [2.45, 2.75) is 32.7 Å². The minimum atomic E-state index is -0.116. The first-order chi connectivity index (χ1) is 14.0. The second-order valence-corrected chi connectivity index (χ2v) is 6.91. The first-order valence-electron chi connectivity index (χ1n) is 9.42. The fourth-order valence-electron chi connectivity index (χ4n) is 3.07. The number of hydrogen-bond acceptors (Lipinski definition) is 8. The number of carbonyl (C=O) groups excluding carboxylic acids is 1. The Kier molecular flexibility index (Phi) is 5.20. The summed E-state index contributed by atoms with van der Waals surface area (Å²) in [5.74, 6) is 2.74. The molecule has 1 aliphatic heterocycles. The van der Waals surface area contributed by atoms with E-state index in [2.05, 4.69) is 15.4 Å². The number of aromatic nitrogens is 3. The van der Waals surface area contributed by atoms with E-state index in [4.69, 9.17) is 18.4 Å². The van der Waals surface area contributed by atoms with Crippen LogP contribution in [0, 0.1) is 6.92 Å². The molecule has 3 aromatic rings. The Labute approximate surface area is 167 Å². The number of aryl methyl sites for hydroxylation is 2. The van der Waals surface area contributed by atoms with Crippen LogP contribution in [-0.4, -0.2) is 46.4 Å². The number of carbonyl (C=O) groups is 1. The van der Waals surface area contributed by atoms with Gasteiger partial charge in [0.1, 0.15) is 19.0 Å². The lowest BCUT2D eigenvalue weighted by Crippen LogP contribution is -2.30. The number of nitrogens with zero attached hydrogens (tertiary/aromatic N) is 4. The first-order valence-corrected chi connectivity index (χ1v) is 9.42. The van der Waals surface area contributed by atoms with E-state index < -0.39 is 0 Å². The number of rotatable bonds is 6. The highest BCUT2D eigenvalue weighted by molar-refractivity contribution is 5.76. The van der Waals surface area contributed by atoms with Crippen LogP contribution in [0.3, 0.4) is 0 Å². The zero-order valence-electron chi connectivity index (χ0n) is 16.5. The van der Waals surface area contributed by atoms with Crippen LogP contribution in [0.5, 0.6) is 11.5 Å². The molecule has 0 bridgehead atoms. The molecule has 4 rings (SSSR count). The molecule has 9 heteroatoms. The summed E-state index contributed by atoms with van der Waals surface area (Å²) in [7, 11) is 1.78. The molecule has 29 heavy (non-hydrogen) atoms. The molecule has 0 N–H and O–H groups in total. The summed E-state index contributed by atoms with van der Waals surface area (Å²) in [5.41, 5.74) is 1.46. The molecular formula is C20H22N4O5. The van der Waals surface area contributed by atoms with Gasteiger partial charge in [-0.15, -0.1) is 10.2 Å². The van der Waals surface area contributed by atoms with Crippen LogP contribution in [0.1, 0.15) is 36.6 Å². The summed E-state index contributed by atoms with van der Waals surface area (Å²) in [6, 6.07) is 7.35. The molecule has 3 heterocycles. The van der Waals surface area contributed by atoms with Gasteiger partial charge in [-0.2, -0.15) is 0 Å². The van der Waals surface area contributed by atoms with Crippen LogP contribution in [0.25, 0.3) is 11.6 Å². The summed E-state index contributed by atoms with van der Waals surface area (Å²) in [5, 5.41) is 11.8. The Hall–Kier alpha value is -3.36. The predicted molar refractivity (Wildman–Crippen MR) is 101 cm³/mol. The van der Waals surface area contributed by atoms with Gasteiger partial charge in [0.2, 0.25) is 11.8 Å². The number of hydrogen-bond donors (Lipinski definition) is 0. The third kappa shape index (κ3) is 4.08. The van der Waals surface area contributed by atoms with E-state index in [1.165, 1.54) is 0 Å². The summed E-state index contributed by atoms with van der Waals surface area (Å²) in [4.78, 5) is 14.4. The Morgan fingerprint density at radius 2 is 1.97 bits per heavy atom. The number of benzene rings is 1. The van der Waals surface area contributed by atoms with E-state index in [0.717, 1.165) is 11.3 Å². The van der Waals surface area contributed by atoms with Gasteiger partial charge < -0.3 is 23.3 Å². The van der Waals surface area contributed by atoms with Crippen LogP contribution < -0.4 is 9.47 Å². The van der Waals surface area contributed by atoms with E-state index in [1.807, 2.05) is 25.1 Å². The van der Waals surface area contributed by atoms with Crippen molar-refractivity contribution >= 4 is 5.91 Å². The lowest BCUT2D eigenvalue weighted by Gasteiger charge is -2.27. The van der Waals surface area contributed by atoms with Gasteiger partial charge in [0.05, 0.1) is 6.04 Å². The Bertz CT molecular complexity index is 1010. The van der Waals surface area contributed by atoms with Crippen molar-refractivity contribution < 1.29 is 23.2 Å². The van der Waals surface area contributed by atoms with Gasteiger partial charge in [0.25, 0.3) is 5.89 Å². The number of ether oxygens (including phenoxy) is 2. The van der Waals surface area contributed by atoms with Gasteiger partial charge in [-0.3, -0.25) is 4.79 Å². The van der Waals surface area contributed by atoms with Crippen LogP contribution >= 0.6 is 0 Å². The van der Waals surface area contributed by atoms with Crippen molar-refractivity contribution in [3.8, 4) is 23.1 Å². The highest BCUT2D eigenvalue weighted by atomic mass is 16.6. The van der Waals surface area contributed by atoms with E-state index in [0.29, 0.717) is 42.7 Å². The maximum absolute atomic E-state index is 12.7. The Morgan fingerprint density at radius 1 is 1.17 bits per heavy atom. The molecule has 0 fully saturated rings. The topological polar surface area (TPSA) is 104 Å². The molecule has 2 aromatic heterocycles. The van der Waals surface area contributed by atoms with Crippen LogP contribution in [-0.2, 0) is 11.2 Å². The smallest absolute Gasteiger partial charge is 0.269 e. The summed E-state index contributed by atoms with van der Waals surface area (Å²) >= 11 is 0. The van der Waals surface area contributed by atoms with E-state index >= 15 is 0 Å². The fourth-order valence-corrected chi connectivity index (χ4v) is 3.07. The molecule has 0 spiro atoms. The van der Waals surface area contributed by atoms with Crippen LogP contribution in [0.4, 0.5) is 0 Å². The predicted octanol–water partition coefficient (Wildman–Crippen LogP) is 2.96. The zero-order chi connectivity index (χ0) is 20.4. The third-order valence-corrected chi connectivity index (χ3v) is 4.89. The molecule has 1 atom stereocenters. The molecule has 1 aromatic carbocycles. The van der Waals surface area contributed by atoms with E-state index in [-0.39, 0.29) is 24.3 Å². The van der Waals surface area contributed by atoms with Gasteiger partial charge in [0, 0.05) is 26.0 Å². The molecule has 1 amide bonds. The molecule has 152 valence electrons. The monoisotopic (exact) mass is 398 g/mol. The van der Waals surface area contributed by atoms with Crippen molar-refractivity contribution in [1.82, 2.24) is 20.3 Å². The summed E-state index contributed by atoms with van der Waals surface area (Å²) in [6.07, 6.45) is 0.603. The quantitative estimate of drug-likeness (QED) is 0.624. The van der Waals surface area contributed by atoms with Crippen molar-refractivity contribution in [1.29, 1.82) is 0 Å². The van der Waals surface area contributed by atoms with Crippen molar-refractivity contribution in [2.75, 3.05) is 20.3 Å². The Morgan fingerprint density at radius 3 is 2.72 bits per heavy atom. The summed E-state index contributed by atoms with van der Waals surface area (Å²) in [6.45, 7) is 4.83. The Balaban J connectivity index is 1.36. The van der Waals surface area contributed by atoms with Gasteiger partial charge >= 0.3 is 0 Å². The number of amides is 1. The molecule has 0 aliphatic carbocycles.